The molecule has 0 unspecified atom stereocenters. The summed E-state index contributed by atoms with van der Waals surface area (Å²) in [6.45, 7) is 7.48. The fourth-order valence-corrected chi connectivity index (χ4v) is 5.71. The van der Waals surface area contributed by atoms with Crippen molar-refractivity contribution in [1.29, 1.82) is 0 Å². The first kappa shape index (κ1) is 20.2. The van der Waals surface area contributed by atoms with Gasteiger partial charge < -0.3 is 4.90 Å². The van der Waals surface area contributed by atoms with Crippen LogP contribution in [0.3, 0.4) is 0 Å². The van der Waals surface area contributed by atoms with Crippen molar-refractivity contribution < 1.29 is 4.79 Å². The van der Waals surface area contributed by atoms with Crippen molar-refractivity contribution in [3.63, 3.8) is 0 Å². The Morgan fingerprint density at radius 1 is 1.28 bits per heavy atom. The summed E-state index contributed by atoms with van der Waals surface area (Å²) in [6.07, 6.45) is 2.81. The van der Waals surface area contributed by atoms with Gasteiger partial charge in [-0.2, -0.15) is 0 Å². The molecule has 7 heteroatoms. The van der Waals surface area contributed by atoms with E-state index in [9.17, 15) is 9.59 Å². The molecule has 0 atom stereocenters. The zero-order valence-corrected chi connectivity index (χ0v) is 18.7. The topological polar surface area (TPSA) is 55.2 Å². The lowest BCUT2D eigenvalue weighted by Crippen LogP contribution is -2.31. The lowest BCUT2D eigenvalue weighted by Gasteiger charge is -2.17. The van der Waals surface area contributed by atoms with Crippen molar-refractivity contribution >= 4 is 44.9 Å². The van der Waals surface area contributed by atoms with Gasteiger partial charge in [-0.15, -0.1) is 11.3 Å². The van der Waals surface area contributed by atoms with Crippen molar-refractivity contribution in [1.82, 2.24) is 9.55 Å². The number of hydrogen-bond acceptors (Lipinski definition) is 5. The maximum atomic E-state index is 13.2. The minimum atomic E-state index is 0.0202. The first-order valence-electron chi connectivity index (χ1n) is 10.0. The van der Waals surface area contributed by atoms with Gasteiger partial charge in [0.15, 0.2) is 5.16 Å². The molecule has 1 aromatic carbocycles. The molecule has 3 aromatic rings. The average molecular weight is 428 g/mol. The third kappa shape index (κ3) is 3.73. The Kier molecular flexibility index (Phi) is 5.79. The minimum Gasteiger partial charge on any atom is -0.311 e. The van der Waals surface area contributed by atoms with Gasteiger partial charge in [-0.05, 0) is 43.9 Å². The molecule has 0 fully saturated rings. The molecule has 0 radical (unpaired) electrons. The second-order valence-corrected chi connectivity index (χ2v) is 9.53. The summed E-state index contributed by atoms with van der Waals surface area (Å²) in [5.41, 5.74) is 3.27. The zero-order chi connectivity index (χ0) is 20.5. The highest BCUT2D eigenvalue weighted by molar-refractivity contribution is 7.99. The summed E-state index contributed by atoms with van der Waals surface area (Å²) in [6, 6.07) is 8.06. The van der Waals surface area contributed by atoms with Crippen molar-refractivity contribution in [3.05, 3.63) is 50.6 Å². The van der Waals surface area contributed by atoms with Crippen LogP contribution in [0.5, 0.6) is 0 Å². The van der Waals surface area contributed by atoms with Crippen molar-refractivity contribution in [2.45, 2.75) is 51.7 Å². The number of thiophene rings is 1. The Morgan fingerprint density at radius 3 is 2.86 bits per heavy atom. The molecule has 2 aromatic heterocycles. The summed E-state index contributed by atoms with van der Waals surface area (Å²) >= 11 is 2.94. The Balaban J connectivity index is 1.62. The van der Waals surface area contributed by atoms with Gasteiger partial charge in [-0.3, -0.25) is 14.2 Å². The number of para-hydroxylation sites is 1. The van der Waals surface area contributed by atoms with E-state index in [-0.39, 0.29) is 17.2 Å². The molecule has 1 aliphatic heterocycles. The summed E-state index contributed by atoms with van der Waals surface area (Å²) in [4.78, 5) is 34.6. The predicted molar refractivity (Wildman–Crippen MR) is 121 cm³/mol. The molecule has 0 spiro atoms. The third-order valence-corrected chi connectivity index (χ3v) is 7.56. The predicted octanol–water partition coefficient (Wildman–Crippen LogP) is 4.56. The fraction of sp³-hybridized carbons (Fsp3) is 0.409. The first-order chi connectivity index (χ1) is 14.0. The van der Waals surface area contributed by atoms with Crippen LogP contribution in [0.25, 0.3) is 10.2 Å². The van der Waals surface area contributed by atoms with Crippen LogP contribution in [-0.4, -0.2) is 27.8 Å². The number of thioether (sulfide) groups is 1. The molecule has 5 nitrogen and oxygen atoms in total. The Morgan fingerprint density at radius 2 is 2.07 bits per heavy atom. The molecule has 152 valence electrons. The summed E-state index contributed by atoms with van der Waals surface area (Å²) in [5, 5.41) is 1.38. The van der Waals surface area contributed by atoms with E-state index in [1.165, 1.54) is 17.3 Å². The molecular formula is C22H25N3O2S2. The Labute approximate surface area is 178 Å². The standard InChI is InChI=1S/C22H25N3O2S2/c1-4-5-11-25-21(27)19-14(2)15(3)29-20(19)23-22(25)28-13-18(26)24-12-10-16-8-6-7-9-17(16)24/h6-9H,4-5,10-13H2,1-3H3. The molecule has 29 heavy (non-hydrogen) atoms. The van der Waals surface area contributed by atoms with Gasteiger partial charge in [-0.1, -0.05) is 43.3 Å². The maximum Gasteiger partial charge on any atom is 0.263 e. The van der Waals surface area contributed by atoms with Crippen LogP contribution in [0.1, 0.15) is 35.8 Å². The number of rotatable bonds is 6. The van der Waals surface area contributed by atoms with E-state index in [2.05, 4.69) is 13.0 Å². The number of fused-ring (bicyclic) bond motifs is 2. The number of anilines is 1. The molecule has 1 aliphatic rings. The minimum absolute atomic E-state index is 0.0202. The lowest BCUT2D eigenvalue weighted by atomic mass is 10.2. The smallest absolute Gasteiger partial charge is 0.263 e. The Hall–Kier alpha value is -2.12. The number of amides is 1. The number of carbonyl (C=O) groups excluding carboxylic acids is 1. The monoisotopic (exact) mass is 427 g/mol. The highest BCUT2D eigenvalue weighted by Gasteiger charge is 2.25. The van der Waals surface area contributed by atoms with Crippen LogP contribution in [0.2, 0.25) is 0 Å². The van der Waals surface area contributed by atoms with E-state index < -0.39 is 0 Å². The molecular weight excluding hydrogens is 402 g/mol. The lowest BCUT2D eigenvalue weighted by molar-refractivity contribution is -0.116. The second-order valence-electron chi connectivity index (χ2n) is 7.38. The van der Waals surface area contributed by atoms with Gasteiger partial charge >= 0.3 is 0 Å². The molecule has 4 rings (SSSR count). The number of aromatic nitrogens is 2. The van der Waals surface area contributed by atoms with Crippen LogP contribution in [-0.2, 0) is 17.8 Å². The normalized spacial score (nSPS) is 13.3. The van der Waals surface area contributed by atoms with Gasteiger partial charge in [-0.25, -0.2) is 4.98 Å². The highest BCUT2D eigenvalue weighted by Crippen LogP contribution is 2.30. The van der Waals surface area contributed by atoms with E-state index in [0.29, 0.717) is 11.7 Å². The molecule has 3 heterocycles. The fourth-order valence-electron chi connectivity index (χ4n) is 3.73. The Bertz CT molecular complexity index is 1130. The third-order valence-electron chi connectivity index (χ3n) is 5.50. The van der Waals surface area contributed by atoms with Gasteiger partial charge in [0.2, 0.25) is 5.91 Å². The van der Waals surface area contributed by atoms with Gasteiger partial charge in [0.05, 0.1) is 11.1 Å². The highest BCUT2D eigenvalue weighted by atomic mass is 32.2. The van der Waals surface area contributed by atoms with Gasteiger partial charge in [0, 0.05) is 23.7 Å². The SMILES string of the molecule is CCCCn1c(SCC(=O)N2CCc3ccccc32)nc2sc(C)c(C)c2c1=O. The van der Waals surface area contributed by atoms with Crippen molar-refractivity contribution in [2.24, 2.45) is 0 Å². The van der Waals surface area contributed by atoms with E-state index in [0.717, 1.165) is 52.2 Å². The summed E-state index contributed by atoms with van der Waals surface area (Å²) in [7, 11) is 0. The van der Waals surface area contributed by atoms with Crippen LogP contribution in [0, 0.1) is 13.8 Å². The van der Waals surface area contributed by atoms with Crippen LogP contribution in [0.4, 0.5) is 5.69 Å². The van der Waals surface area contributed by atoms with E-state index in [1.807, 2.05) is 36.9 Å². The van der Waals surface area contributed by atoms with Crippen LogP contribution >= 0.6 is 23.1 Å². The number of unbranched alkanes of at least 4 members (excludes halogenated alkanes) is 1. The summed E-state index contributed by atoms with van der Waals surface area (Å²) < 4.78 is 1.76. The van der Waals surface area contributed by atoms with Gasteiger partial charge in [0.1, 0.15) is 4.83 Å². The molecule has 0 saturated heterocycles. The van der Waals surface area contributed by atoms with Crippen molar-refractivity contribution in [2.75, 3.05) is 17.2 Å². The molecule has 0 N–H and O–H groups in total. The maximum absolute atomic E-state index is 13.2. The molecule has 0 aliphatic carbocycles. The molecule has 1 amide bonds. The number of carbonyl (C=O) groups is 1. The summed E-state index contributed by atoms with van der Waals surface area (Å²) in [5.74, 6) is 0.344. The number of benzene rings is 1. The zero-order valence-electron chi connectivity index (χ0n) is 17.0. The average Bonchev–Trinajstić information content (AvgIpc) is 3.27. The van der Waals surface area contributed by atoms with E-state index in [1.54, 1.807) is 15.9 Å². The quantitative estimate of drug-likeness (QED) is 0.428. The van der Waals surface area contributed by atoms with E-state index in [4.69, 9.17) is 4.98 Å². The van der Waals surface area contributed by atoms with Gasteiger partial charge in [0.25, 0.3) is 5.56 Å². The second kappa shape index (κ2) is 8.32. The first-order valence-corrected chi connectivity index (χ1v) is 11.8. The molecule has 0 bridgehead atoms. The number of aryl methyl sites for hydroxylation is 2. The number of hydrogen-bond donors (Lipinski definition) is 0. The van der Waals surface area contributed by atoms with Crippen molar-refractivity contribution in [3.8, 4) is 0 Å². The van der Waals surface area contributed by atoms with Crippen LogP contribution in [0.15, 0.2) is 34.2 Å². The molecule has 0 saturated carbocycles. The van der Waals surface area contributed by atoms with E-state index >= 15 is 0 Å². The number of nitrogens with zero attached hydrogens (tertiary/aromatic N) is 3. The largest absolute Gasteiger partial charge is 0.311 e. The van der Waals surface area contributed by atoms with Crippen LogP contribution < -0.4 is 10.5 Å².